The largest absolute Gasteiger partial charge is 0.478 e. The first-order valence-electron chi connectivity index (χ1n) is 12.4. The molecule has 182 valence electrons. The lowest BCUT2D eigenvalue weighted by Gasteiger charge is -2.39. The summed E-state index contributed by atoms with van der Waals surface area (Å²) in [4.78, 5) is 26.2. The summed E-state index contributed by atoms with van der Waals surface area (Å²) in [6.07, 6.45) is 8.30. The van der Waals surface area contributed by atoms with Gasteiger partial charge in [-0.15, -0.1) is 0 Å². The fourth-order valence-corrected chi connectivity index (χ4v) is 5.12. The quantitative estimate of drug-likeness (QED) is 0.334. The number of carbonyl (C=O) groups is 1. The van der Waals surface area contributed by atoms with E-state index in [9.17, 15) is 4.79 Å². The number of likely N-dealkylation sites (tertiary alicyclic amines) is 1. The van der Waals surface area contributed by atoms with Crippen molar-refractivity contribution < 1.29 is 9.53 Å². The Morgan fingerprint density at radius 3 is 2.62 bits per heavy atom. The number of amidine groups is 1. The van der Waals surface area contributed by atoms with Crippen molar-refractivity contribution in [3.63, 3.8) is 0 Å². The summed E-state index contributed by atoms with van der Waals surface area (Å²) in [5.74, 6) is 0.622. The maximum absolute atomic E-state index is 13.4. The normalized spacial score (nSPS) is 22.8. The van der Waals surface area contributed by atoms with E-state index < -0.39 is 6.10 Å². The first kappa shape index (κ1) is 24.1. The highest BCUT2D eigenvalue weighted by Gasteiger charge is 2.34. The molecule has 0 aliphatic carbocycles. The number of nitrogen functional groups attached to an aromatic ring is 1. The molecule has 8 heteroatoms. The van der Waals surface area contributed by atoms with Gasteiger partial charge in [0.05, 0.1) is 5.69 Å². The zero-order valence-corrected chi connectivity index (χ0v) is 20.2. The van der Waals surface area contributed by atoms with Crippen LogP contribution in [0.1, 0.15) is 63.9 Å². The Hall–Kier alpha value is -3.00. The number of fused-ring (bicyclic) bond motifs is 1. The highest BCUT2D eigenvalue weighted by Crippen LogP contribution is 2.34. The highest BCUT2D eigenvalue weighted by molar-refractivity contribution is 6.00. The molecule has 0 radical (unpaired) electrons. The lowest BCUT2D eigenvalue weighted by molar-refractivity contribution is -0.126. The number of unbranched alkanes of at least 4 members (excludes halogenated alkanes) is 2. The summed E-state index contributed by atoms with van der Waals surface area (Å²) in [5.41, 5.74) is 6.97. The lowest BCUT2D eigenvalue weighted by Crippen LogP contribution is -2.47. The minimum atomic E-state index is -0.667. The van der Waals surface area contributed by atoms with Gasteiger partial charge < -0.3 is 15.4 Å². The molecule has 3 N–H and O–H groups in total. The number of ether oxygens (including phenoxy) is 1. The Bertz CT molecular complexity index is 1000. The molecule has 0 spiro atoms. The third kappa shape index (κ3) is 5.55. The molecule has 3 atom stereocenters. The van der Waals surface area contributed by atoms with Crippen molar-refractivity contribution in [3.8, 4) is 5.75 Å². The molecule has 1 aromatic carbocycles. The van der Waals surface area contributed by atoms with Gasteiger partial charge in [0.2, 0.25) is 0 Å². The van der Waals surface area contributed by atoms with Gasteiger partial charge in [-0.05, 0) is 64.3 Å². The zero-order valence-electron chi connectivity index (χ0n) is 20.2. The number of aromatic nitrogens is 2. The summed E-state index contributed by atoms with van der Waals surface area (Å²) in [6, 6.07) is 10.8. The average Bonchev–Trinajstić information content (AvgIpc) is 2.82. The van der Waals surface area contributed by atoms with Gasteiger partial charge >= 0.3 is 0 Å². The van der Waals surface area contributed by atoms with Gasteiger partial charge in [0.1, 0.15) is 5.75 Å². The van der Waals surface area contributed by atoms with E-state index in [0.717, 1.165) is 31.5 Å². The Morgan fingerprint density at radius 1 is 1.12 bits per heavy atom. The van der Waals surface area contributed by atoms with Gasteiger partial charge in [-0.3, -0.25) is 15.1 Å². The third-order valence-electron chi connectivity index (χ3n) is 6.99. The SMILES string of the molecule is C[C@@H]1CCC[C@H](C)N1CCCCCN1C(=O)C(Cc2ccnc(C(=N)N)n2)Oc2ccccc21. The van der Waals surface area contributed by atoms with Crippen molar-refractivity contribution in [2.75, 3.05) is 18.0 Å². The van der Waals surface area contributed by atoms with Crippen LogP contribution in [0, 0.1) is 5.41 Å². The number of piperidine rings is 1. The number of hydrogen-bond donors (Lipinski definition) is 2. The van der Waals surface area contributed by atoms with E-state index in [2.05, 4.69) is 28.7 Å². The van der Waals surface area contributed by atoms with E-state index in [4.69, 9.17) is 15.9 Å². The average molecular weight is 465 g/mol. The summed E-state index contributed by atoms with van der Waals surface area (Å²) in [5, 5.41) is 7.56. The van der Waals surface area contributed by atoms with Crippen molar-refractivity contribution >= 4 is 17.4 Å². The van der Waals surface area contributed by atoms with Crippen molar-refractivity contribution in [1.29, 1.82) is 5.41 Å². The van der Waals surface area contributed by atoms with Gasteiger partial charge in [-0.1, -0.05) is 25.0 Å². The van der Waals surface area contributed by atoms with Crippen LogP contribution in [-0.2, 0) is 11.2 Å². The van der Waals surface area contributed by atoms with Crippen LogP contribution in [0.3, 0.4) is 0 Å². The molecule has 4 rings (SSSR count). The Labute approximate surface area is 202 Å². The number of nitrogens with one attached hydrogen (secondary N) is 1. The summed E-state index contributed by atoms with van der Waals surface area (Å²) >= 11 is 0. The topological polar surface area (TPSA) is 108 Å². The molecule has 3 heterocycles. The number of para-hydroxylation sites is 2. The minimum Gasteiger partial charge on any atom is -0.478 e. The predicted octanol–water partition coefficient (Wildman–Crippen LogP) is 3.53. The van der Waals surface area contributed by atoms with Crippen LogP contribution in [0.15, 0.2) is 36.5 Å². The van der Waals surface area contributed by atoms with E-state index in [-0.39, 0.29) is 17.6 Å². The van der Waals surface area contributed by atoms with Crippen LogP contribution in [0.5, 0.6) is 5.75 Å². The molecule has 2 aliphatic heterocycles. The van der Waals surface area contributed by atoms with Crippen molar-refractivity contribution in [3.05, 3.63) is 48.0 Å². The monoisotopic (exact) mass is 464 g/mol. The smallest absolute Gasteiger partial charge is 0.268 e. The Morgan fingerprint density at radius 2 is 1.85 bits per heavy atom. The molecule has 1 aromatic heterocycles. The second-order valence-corrected chi connectivity index (χ2v) is 9.48. The zero-order chi connectivity index (χ0) is 24.1. The fourth-order valence-electron chi connectivity index (χ4n) is 5.12. The molecule has 0 saturated carbocycles. The summed E-state index contributed by atoms with van der Waals surface area (Å²) in [6.45, 7) is 6.49. The fraction of sp³-hybridized carbons (Fsp3) is 0.538. The molecule has 1 fully saturated rings. The maximum Gasteiger partial charge on any atom is 0.268 e. The second-order valence-electron chi connectivity index (χ2n) is 9.48. The van der Waals surface area contributed by atoms with Crippen LogP contribution in [-0.4, -0.2) is 57.9 Å². The number of nitrogens with two attached hydrogens (primary N) is 1. The van der Waals surface area contributed by atoms with E-state index in [1.165, 1.54) is 19.3 Å². The molecule has 34 heavy (non-hydrogen) atoms. The van der Waals surface area contributed by atoms with Crippen LogP contribution in [0.25, 0.3) is 0 Å². The first-order valence-corrected chi connectivity index (χ1v) is 12.4. The molecule has 2 aromatic rings. The van der Waals surface area contributed by atoms with Crippen LogP contribution < -0.4 is 15.4 Å². The standard InChI is InChI=1S/C26H36N6O2/c1-18-9-8-10-19(2)31(18)15-6-3-7-16-32-21-11-4-5-12-22(21)34-23(26(32)33)17-20-13-14-29-25(30-20)24(27)28/h4-5,11-14,18-19,23H,3,6-10,15-17H2,1-2H3,(H3,27,28)/t18-,19+,23?. The van der Waals surface area contributed by atoms with Gasteiger partial charge in [0.25, 0.3) is 5.91 Å². The predicted molar refractivity (Wildman–Crippen MR) is 133 cm³/mol. The van der Waals surface area contributed by atoms with Crippen LogP contribution in [0.4, 0.5) is 5.69 Å². The number of anilines is 1. The van der Waals surface area contributed by atoms with Gasteiger partial charge in [0, 0.05) is 36.9 Å². The summed E-state index contributed by atoms with van der Waals surface area (Å²) < 4.78 is 6.07. The molecular weight excluding hydrogens is 428 g/mol. The Kier molecular flexibility index (Phi) is 7.77. The molecular formula is C26H36N6O2. The molecule has 1 amide bonds. The van der Waals surface area contributed by atoms with Gasteiger partial charge in [-0.25, -0.2) is 9.97 Å². The second kappa shape index (κ2) is 11.0. The maximum atomic E-state index is 13.4. The number of carbonyl (C=O) groups excluding carboxylic acids is 1. The molecule has 1 saturated heterocycles. The van der Waals surface area contributed by atoms with Crippen molar-refractivity contribution in [2.24, 2.45) is 5.73 Å². The number of benzene rings is 1. The Balaban J connectivity index is 1.37. The van der Waals surface area contributed by atoms with E-state index in [1.54, 1.807) is 12.3 Å². The van der Waals surface area contributed by atoms with Crippen LogP contribution >= 0.6 is 0 Å². The van der Waals surface area contributed by atoms with Gasteiger partial charge in [0.15, 0.2) is 17.8 Å². The molecule has 0 bridgehead atoms. The molecule has 2 aliphatic rings. The number of amides is 1. The molecule has 8 nitrogen and oxygen atoms in total. The highest BCUT2D eigenvalue weighted by atomic mass is 16.5. The number of nitrogens with zero attached hydrogens (tertiary/aromatic N) is 4. The lowest BCUT2D eigenvalue weighted by atomic mass is 9.97. The van der Waals surface area contributed by atoms with Crippen molar-refractivity contribution in [2.45, 2.75) is 77.0 Å². The van der Waals surface area contributed by atoms with E-state index in [1.807, 2.05) is 29.2 Å². The minimum absolute atomic E-state index is 0.0556. The number of rotatable bonds is 9. The van der Waals surface area contributed by atoms with E-state index in [0.29, 0.717) is 36.5 Å². The van der Waals surface area contributed by atoms with Crippen molar-refractivity contribution in [1.82, 2.24) is 14.9 Å². The van der Waals surface area contributed by atoms with Crippen LogP contribution in [0.2, 0.25) is 0 Å². The number of hydrogen-bond acceptors (Lipinski definition) is 6. The van der Waals surface area contributed by atoms with E-state index >= 15 is 0 Å². The molecule has 1 unspecified atom stereocenters. The first-order chi connectivity index (χ1) is 16.4. The summed E-state index contributed by atoms with van der Waals surface area (Å²) in [7, 11) is 0. The third-order valence-corrected chi connectivity index (χ3v) is 6.99. The van der Waals surface area contributed by atoms with Gasteiger partial charge in [-0.2, -0.15) is 0 Å².